The number of benzene rings is 4. The SMILES string of the molecule is C=CCC1(O)N(Cc2cc(OC)cc(OC)c2Br)C(=O)N(CC)C12CCN(Cc1cc(OC)cc(OC)c1)CC2.CCN1C(=O)N(Cc2cc(OC)cc(OC)c2Br)C(=O)C12CCN(Cc1cc(OC)cc(OC)c1)CC2. The van der Waals surface area contributed by atoms with E-state index in [1.807, 2.05) is 67.3 Å². The first kappa shape index (κ1) is 58.7. The molecule has 2 spiro atoms. The molecule has 4 aromatic carbocycles. The van der Waals surface area contributed by atoms with Crippen molar-refractivity contribution in [2.24, 2.45) is 0 Å². The van der Waals surface area contributed by atoms with Gasteiger partial charge in [0.15, 0.2) is 5.72 Å². The van der Waals surface area contributed by atoms with Gasteiger partial charge in [-0.2, -0.15) is 0 Å². The third kappa shape index (κ3) is 11.6. The van der Waals surface area contributed by atoms with Crippen molar-refractivity contribution in [1.82, 2.24) is 29.4 Å². The molecule has 1 atom stereocenters. The highest BCUT2D eigenvalue weighted by Gasteiger charge is 2.66. The topological polar surface area (TPSA) is 165 Å². The molecule has 418 valence electrons. The lowest BCUT2D eigenvalue weighted by atomic mass is 9.75. The van der Waals surface area contributed by atoms with Crippen LogP contribution in [0.1, 0.15) is 68.2 Å². The van der Waals surface area contributed by atoms with E-state index in [-0.39, 0.29) is 37.5 Å². The zero-order valence-corrected chi connectivity index (χ0v) is 49.2. The molecule has 5 amide bonds. The number of hydrogen-bond acceptors (Lipinski definition) is 14. The molecule has 1 N–H and O–H groups in total. The minimum Gasteiger partial charge on any atom is -0.497 e. The molecule has 0 saturated carbocycles. The Morgan fingerprint density at radius 3 is 1.31 bits per heavy atom. The van der Waals surface area contributed by atoms with E-state index in [9.17, 15) is 19.5 Å². The maximum atomic E-state index is 14.0. The number of ether oxygens (including phenoxy) is 8. The largest absolute Gasteiger partial charge is 0.497 e. The summed E-state index contributed by atoms with van der Waals surface area (Å²) >= 11 is 7.19. The van der Waals surface area contributed by atoms with Crippen LogP contribution in [0.3, 0.4) is 0 Å². The highest BCUT2D eigenvalue weighted by Crippen LogP contribution is 2.50. The molecular formula is C57H74Br2N6O12. The van der Waals surface area contributed by atoms with Crippen molar-refractivity contribution < 1.29 is 57.4 Å². The molecule has 0 aromatic heterocycles. The molecule has 4 aliphatic rings. The van der Waals surface area contributed by atoms with Gasteiger partial charge in [0.25, 0.3) is 5.91 Å². The second-order valence-electron chi connectivity index (χ2n) is 19.5. The lowest BCUT2D eigenvalue weighted by Crippen LogP contribution is -2.65. The molecule has 4 saturated heterocycles. The Labute approximate surface area is 469 Å². The molecule has 4 heterocycles. The Morgan fingerprint density at radius 2 is 0.922 bits per heavy atom. The number of aliphatic hydroxyl groups is 1. The smallest absolute Gasteiger partial charge is 0.327 e. The minimum atomic E-state index is -1.44. The first-order valence-electron chi connectivity index (χ1n) is 25.8. The predicted octanol–water partition coefficient (Wildman–Crippen LogP) is 9.34. The summed E-state index contributed by atoms with van der Waals surface area (Å²) in [6.45, 7) is 13.4. The molecular weight excluding hydrogens is 1120 g/mol. The summed E-state index contributed by atoms with van der Waals surface area (Å²) in [5.74, 6) is 5.22. The van der Waals surface area contributed by atoms with Crippen LogP contribution in [0.2, 0.25) is 0 Å². The van der Waals surface area contributed by atoms with Crippen molar-refractivity contribution in [3.8, 4) is 46.0 Å². The maximum absolute atomic E-state index is 14.0. The van der Waals surface area contributed by atoms with E-state index in [4.69, 9.17) is 37.9 Å². The van der Waals surface area contributed by atoms with Gasteiger partial charge in [0.1, 0.15) is 51.5 Å². The minimum absolute atomic E-state index is 0.136. The molecule has 77 heavy (non-hydrogen) atoms. The van der Waals surface area contributed by atoms with Gasteiger partial charge in [-0.15, -0.1) is 6.58 Å². The Morgan fingerprint density at radius 1 is 0.519 bits per heavy atom. The monoisotopic (exact) mass is 1190 g/mol. The van der Waals surface area contributed by atoms with Gasteiger partial charge >= 0.3 is 12.1 Å². The summed E-state index contributed by atoms with van der Waals surface area (Å²) in [5.41, 5.74) is 0.658. The Balaban J connectivity index is 0.000000224. The number of likely N-dealkylation sites (tertiary alicyclic amines) is 2. The number of hydrogen-bond donors (Lipinski definition) is 1. The number of halogens is 2. The van der Waals surface area contributed by atoms with Gasteiger partial charge in [-0.1, -0.05) is 6.08 Å². The molecule has 1 unspecified atom stereocenters. The normalized spacial score (nSPS) is 19.1. The van der Waals surface area contributed by atoms with Crippen molar-refractivity contribution in [2.75, 3.05) is 96.1 Å². The fourth-order valence-electron chi connectivity index (χ4n) is 11.6. The van der Waals surface area contributed by atoms with Gasteiger partial charge in [0, 0.05) is 83.0 Å². The highest BCUT2D eigenvalue weighted by molar-refractivity contribution is 9.11. The standard InChI is InChI=1S/C30H40BrN3O6.C27H34BrN3O6/c1-7-9-30(36)29(10-12-32(13-11-29)19-21-14-23(37-3)17-24(15-21)38-4)33(8-2)28(35)34(30)20-22-16-25(39-5)18-26(40-6)27(22)31;1-6-31-26(33)30(17-19-13-22(36-4)15-23(37-5)24(19)28)25(32)27(31)7-9-29(10-8-27)16-18-11-20(34-2)14-21(12-18)35-3/h7,14-18,36H,1,8-13,19-20H2,2-6H3;11-15H,6-10,16-17H2,1-5H3. The zero-order valence-electron chi connectivity index (χ0n) is 46.0. The first-order chi connectivity index (χ1) is 37.0. The number of methoxy groups -OCH3 is 8. The van der Waals surface area contributed by atoms with E-state index in [0.29, 0.717) is 106 Å². The van der Waals surface area contributed by atoms with E-state index in [2.05, 4.69) is 48.2 Å². The lowest BCUT2D eigenvalue weighted by molar-refractivity contribution is -0.150. The molecule has 0 radical (unpaired) electrons. The van der Waals surface area contributed by atoms with Gasteiger partial charge in [-0.05, 0) is 130 Å². The summed E-state index contributed by atoms with van der Waals surface area (Å²) in [6.07, 6.45) is 4.35. The number of amides is 5. The maximum Gasteiger partial charge on any atom is 0.327 e. The number of rotatable bonds is 20. The summed E-state index contributed by atoms with van der Waals surface area (Å²) in [4.78, 5) is 52.5. The van der Waals surface area contributed by atoms with E-state index in [1.54, 1.807) is 84.9 Å². The van der Waals surface area contributed by atoms with E-state index in [0.717, 1.165) is 49.7 Å². The first-order valence-corrected chi connectivity index (χ1v) is 27.3. The van der Waals surface area contributed by atoms with Crippen LogP contribution >= 0.6 is 31.9 Å². The summed E-state index contributed by atoms with van der Waals surface area (Å²) < 4.78 is 44.9. The molecule has 8 rings (SSSR count). The molecule has 20 heteroatoms. The highest BCUT2D eigenvalue weighted by atomic mass is 79.9. The van der Waals surface area contributed by atoms with Gasteiger partial charge in [0.2, 0.25) is 0 Å². The molecule has 4 aromatic rings. The van der Waals surface area contributed by atoms with E-state index in [1.165, 1.54) is 4.90 Å². The third-order valence-corrected chi connectivity index (χ3v) is 17.4. The molecule has 18 nitrogen and oxygen atoms in total. The average molecular weight is 1200 g/mol. The third-order valence-electron chi connectivity index (χ3n) is 15.6. The van der Waals surface area contributed by atoms with Crippen LogP contribution in [0.5, 0.6) is 46.0 Å². The van der Waals surface area contributed by atoms with Gasteiger partial charge in [-0.25, -0.2) is 9.59 Å². The lowest BCUT2D eigenvalue weighted by Gasteiger charge is -2.51. The number of likely N-dealkylation sites (N-methyl/N-ethyl adjacent to an activating group) is 2. The summed E-state index contributed by atoms with van der Waals surface area (Å²) in [6, 6.07) is 18.5. The average Bonchev–Trinajstić information content (AvgIpc) is 3.98. The van der Waals surface area contributed by atoms with Crippen molar-refractivity contribution >= 4 is 49.8 Å². The van der Waals surface area contributed by atoms with Crippen LogP contribution < -0.4 is 37.9 Å². The van der Waals surface area contributed by atoms with Gasteiger partial charge in [-0.3, -0.25) is 24.4 Å². The fourth-order valence-corrected chi connectivity index (χ4v) is 12.6. The Hall–Kier alpha value is -5.93. The Bertz CT molecular complexity index is 2720. The van der Waals surface area contributed by atoms with Crippen molar-refractivity contribution in [3.63, 3.8) is 0 Å². The molecule has 4 aliphatic heterocycles. The van der Waals surface area contributed by atoms with E-state index < -0.39 is 16.8 Å². The molecule has 0 bridgehead atoms. The van der Waals surface area contributed by atoms with Crippen molar-refractivity contribution in [1.29, 1.82) is 0 Å². The van der Waals surface area contributed by atoms with Gasteiger partial charge < -0.3 is 52.8 Å². The van der Waals surface area contributed by atoms with Crippen LogP contribution in [0, 0.1) is 0 Å². The van der Waals surface area contributed by atoms with Crippen LogP contribution in [0.25, 0.3) is 0 Å². The van der Waals surface area contributed by atoms with Crippen LogP contribution in [0.4, 0.5) is 9.59 Å². The van der Waals surface area contributed by atoms with Gasteiger partial charge in [0.05, 0.1) is 84.5 Å². The van der Waals surface area contributed by atoms with Crippen LogP contribution in [-0.2, 0) is 31.0 Å². The number of carbonyl (C=O) groups excluding carboxylic acids is 3. The number of carbonyl (C=O) groups is 3. The Kier molecular flexibility index (Phi) is 19.3. The quantitative estimate of drug-likeness (QED) is 0.0658. The predicted molar refractivity (Wildman–Crippen MR) is 299 cm³/mol. The number of imide groups is 1. The van der Waals surface area contributed by atoms with Crippen LogP contribution in [-0.4, -0.2) is 165 Å². The van der Waals surface area contributed by atoms with Crippen LogP contribution in [0.15, 0.2) is 82.3 Å². The van der Waals surface area contributed by atoms with E-state index >= 15 is 0 Å². The number of piperidine rings is 2. The number of urea groups is 2. The van der Waals surface area contributed by atoms with Crippen molar-refractivity contribution in [2.45, 2.75) is 88.9 Å². The second-order valence-corrected chi connectivity index (χ2v) is 21.1. The fraction of sp³-hybridized carbons (Fsp3) is 0.491. The van der Waals surface area contributed by atoms with Crippen molar-refractivity contribution in [3.05, 3.63) is 105 Å². The zero-order chi connectivity index (χ0) is 55.8. The summed E-state index contributed by atoms with van der Waals surface area (Å²) in [7, 11) is 12.9. The number of nitrogens with zero attached hydrogens (tertiary/aromatic N) is 6. The summed E-state index contributed by atoms with van der Waals surface area (Å²) in [5, 5.41) is 12.5. The second kappa shape index (κ2) is 25.2. The molecule has 4 fully saturated rings. The molecule has 0 aliphatic carbocycles.